The molecule has 1 aliphatic heterocycles. The number of carbonyl (C=O) groups is 2. The Hall–Kier alpha value is -1.87. The first-order valence-corrected chi connectivity index (χ1v) is 16.3. The number of fused-ring (bicyclic) bond motifs is 7. The van der Waals surface area contributed by atoms with Gasteiger partial charge in [-0.3, -0.25) is 14.6 Å². The third-order valence-corrected chi connectivity index (χ3v) is 12.8. The topological polar surface area (TPSA) is 85.7 Å². The summed E-state index contributed by atoms with van der Waals surface area (Å²) in [6, 6.07) is 3.78. The molecule has 3 saturated carbocycles. The van der Waals surface area contributed by atoms with Gasteiger partial charge in [0.05, 0.1) is 18.0 Å². The molecule has 7 rings (SSSR count). The Morgan fingerprint density at radius 3 is 2.68 bits per heavy atom. The first kappa shape index (κ1) is 27.9. The van der Waals surface area contributed by atoms with Crippen LogP contribution in [0.4, 0.5) is 4.39 Å². The average molecular weight is 582 g/mol. The SMILES string of the molecule is C[C@]12C=CC(=O)CC1=CC[C@H]1[C@@H]3C[C@H]4O[C@@H](C5CCCCC5)O[C@@]4(C(=O)CSc4ccncc4)[C@@]3(C)C[C@H](O)[C@@]12F. The zero-order valence-electron chi connectivity index (χ0n) is 23.9. The smallest absolute Gasteiger partial charge is 0.178 e. The van der Waals surface area contributed by atoms with Crippen molar-refractivity contribution in [2.24, 2.45) is 28.6 Å². The third-order valence-electron chi connectivity index (χ3n) is 11.8. The van der Waals surface area contributed by atoms with Gasteiger partial charge < -0.3 is 14.6 Å². The summed E-state index contributed by atoms with van der Waals surface area (Å²) in [5, 5.41) is 11.8. The van der Waals surface area contributed by atoms with E-state index in [9.17, 15) is 14.7 Å². The Kier molecular flexibility index (Phi) is 6.70. The number of nitrogens with zero attached hydrogens (tertiary/aromatic N) is 1. The minimum atomic E-state index is -1.95. The first-order chi connectivity index (χ1) is 19.6. The van der Waals surface area contributed by atoms with Crippen molar-refractivity contribution >= 4 is 23.3 Å². The number of aliphatic hydroxyl groups excluding tert-OH is 1. The molecule has 4 fully saturated rings. The summed E-state index contributed by atoms with van der Waals surface area (Å²) in [5.41, 5.74) is -4.30. The fourth-order valence-electron chi connectivity index (χ4n) is 9.70. The Bertz CT molecular complexity index is 1300. The zero-order valence-corrected chi connectivity index (χ0v) is 24.7. The van der Waals surface area contributed by atoms with Gasteiger partial charge in [0, 0.05) is 46.4 Å². The van der Waals surface area contributed by atoms with Gasteiger partial charge >= 0.3 is 0 Å². The molecule has 1 N–H and O–H groups in total. The molecule has 8 heteroatoms. The van der Waals surface area contributed by atoms with Crippen LogP contribution in [-0.2, 0) is 19.1 Å². The lowest BCUT2D eigenvalue weighted by Gasteiger charge is -2.62. The first-order valence-electron chi connectivity index (χ1n) is 15.3. The van der Waals surface area contributed by atoms with E-state index in [1.165, 1.54) is 24.3 Å². The number of aromatic nitrogens is 1. The van der Waals surface area contributed by atoms with Gasteiger partial charge in [0.1, 0.15) is 0 Å². The van der Waals surface area contributed by atoms with Crippen molar-refractivity contribution in [2.75, 3.05) is 5.75 Å². The van der Waals surface area contributed by atoms with Gasteiger partial charge in [-0.2, -0.15) is 0 Å². The van der Waals surface area contributed by atoms with Crippen LogP contribution in [0.25, 0.3) is 0 Å². The van der Waals surface area contributed by atoms with Crippen LogP contribution in [0.15, 0.2) is 53.2 Å². The highest BCUT2D eigenvalue weighted by molar-refractivity contribution is 8.00. The maximum Gasteiger partial charge on any atom is 0.178 e. The molecule has 6 nitrogen and oxygen atoms in total. The van der Waals surface area contributed by atoms with Crippen molar-refractivity contribution in [3.05, 3.63) is 48.3 Å². The lowest BCUT2D eigenvalue weighted by atomic mass is 9.45. The lowest BCUT2D eigenvalue weighted by Crippen LogP contribution is -2.69. The van der Waals surface area contributed by atoms with E-state index in [4.69, 9.17) is 9.47 Å². The van der Waals surface area contributed by atoms with Gasteiger partial charge in [-0.05, 0) is 63.2 Å². The van der Waals surface area contributed by atoms with Gasteiger partial charge in [-0.1, -0.05) is 43.9 Å². The van der Waals surface area contributed by atoms with E-state index in [1.54, 1.807) is 18.5 Å². The Labute approximate surface area is 245 Å². The Balaban J connectivity index is 1.26. The second-order valence-electron chi connectivity index (χ2n) is 13.6. The predicted molar refractivity (Wildman–Crippen MR) is 153 cm³/mol. The number of alkyl halides is 1. The molecule has 0 unspecified atom stereocenters. The lowest BCUT2D eigenvalue weighted by molar-refractivity contribution is -0.231. The summed E-state index contributed by atoms with van der Waals surface area (Å²) in [6.45, 7) is 3.87. The minimum absolute atomic E-state index is 0.0342. The number of halogens is 1. The summed E-state index contributed by atoms with van der Waals surface area (Å²) < 4.78 is 31.3. The molecular weight excluding hydrogens is 541 g/mol. The van der Waals surface area contributed by atoms with E-state index in [0.29, 0.717) is 12.8 Å². The second-order valence-corrected chi connectivity index (χ2v) is 14.7. The molecule has 1 aromatic heterocycles. The van der Waals surface area contributed by atoms with E-state index in [-0.39, 0.29) is 42.0 Å². The number of hydrogen-bond acceptors (Lipinski definition) is 7. The number of hydrogen-bond donors (Lipinski definition) is 1. The van der Waals surface area contributed by atoms with Gasteiger partial charge in [0.25, 0.3) is 0 Å². The fraction of sp³-hybridized carbons (Fsp3) is 0.667. The molecular formula is C33H40FNO5S. The maximum absolute atomic E-state index is 17.7. The van der Waals surface area contributed by atoms with Crippen LogP contribution in [0.5, 0.6) is 0 Å². The average Bonchev–Trinajstić information content (AvgIpc) is 3.47. The number of pyridine rings is 1. The van der Waals surface area contributed by atoms with Crippen LogP contribution >= 0.6 is 11.8 Å². The number of carbonyl (C=O) groups excluding carboxylic acids is 2. The van der Waals surface area contributed by atoms with Crippen LogP contribution in [0.2, 0.25) is 0 Å². The number of thioether (sulfide) groups is 1. The molecule has 6 aliphatic rings. The second kappa shape index (κ2) is 9.83. The van der Waals surface area contributed by atoms with Crippen LogP contribution in [-0.4, -0.2) is 57.2 Å². The normalized spacial score (nSPS) is 45.4. The van der Waals surface area contributed by atoms with Crippen molar-refractivity contribution in [1.82, 2.24) is 4.98 Å². The van der Waals surface area contributed by atoms with Gasteiger partial charge in [-0.25, -0.2) is 4.39 Å². The number of Topliss-reactive ketones (excluding diaryl/α,β-unsaturated/α-hetero) is 1. The summed E-state index contributed by atoms with van der Waals surface area (Å²) in [4.78, 5) is 31.8. The number of allylic oxidation sites excluding steroid dienone is 4. The number of ether oxygens (including phenoxy) is 2. The van der Waals surface area contributed by atoms with Crippen molar-refractivity contribution in [3.8, 4) is 0 Å². The van der Waals surface area contributed by atoms with E-state index in [1.807, 2.05) is 32.1 Å². The Morgan fingerprint density at radius 1 is 1.17 bits per heavy atom. The van der Waals surface area contributed by atoms with Crippen molar-refractivity contribution in [1.29, 1.82) is 0 Å². The van der Waals surface area contributed by atoms with Crippen molar-refractivity contribution in [2.45, 2.75) is 106 Å². The van der Waals surface area contributed by atoms with Crippen molar-refractivity contribution < 1.29 is 28.6 Å². The largest absolute Gasteiger partial charge is 0.390 e. The van der Waals surface area contributed by atoms with Crippen LogP contribution in [0.1, 0.15) is 71.6 Å². The molecule has 0 bridgehead atoms. The highest BCUT2D eigenvalue weighted by Crippen LogP contribution is 2.71. The van der Waals surface area contributed by atoms with Gasteiger partial charge in [0.15, 0.2) is 29.1 Å². The van der Waals surface area contributed by atoms with E-state index in [0.717, 1.165) is 36.2 Å². The zero-order chi connectivity index (χ0) is 28.6. The number of rotatable bonds is 5. The van der Waals surface area contributed by atoms with Crippen LogP contribution < -0.4 is 0 Å². The molecule has 5 aliphatic carbocycles. The van der Waals surface area contributed by atoms with Gasteiger partial charge in [-0.15, -0.1) is 11.8 Å². The molecule has 0 radical (unpaired) electrons. The quantitative estimate of drug-likeness (QED) is 0.348. The summed E-state index contributed by atoms with van der Waals surface area (Å²) in [5.74, 6) is -0.361. The highest BCUT2D eigenvalue weighted by Gasteiger charge is 2.79. The number of ketones is 2. The fourth-order valence-corrected chi connectivity index (χ4v) is 10.5. The Morgan fingerprint density at radius 2 is 1.93 bits per heavy atom. The molecule has 9 atom stereocenters. The summed E-state index contributed by atoms with van der Waals surface area (Å²) in [6.07, 6.45) is 13.1. The van der Waals surface area contributed by atoms with Crippen LogP contribution in [0, 0.1) is 28.6 Å². The molecule has 220 valence electrons. The highest BCUT2D eigenvalue weighted by atomic mass is 32.2. The van der Waals surface area contributed by atoms with Crippen LogP contribution in [0.3, 0.4) is 0 Å². The minimum Gasteiger partial charge on any atom is -0.390 e. The third kappa shape index (κ3) is 3.82. The summed E-state index contributed by atoms with van der Waals surface area (Å²) >= 11 is 1.46. The summed E-state index contributed by atoms with van der Waals surface area (Å²) in [7, 11) is 0. The van der Waals surface area contributed by atoms with Crippen molar-refractivity contribution in [3.63, 3.8) is 0 Å². The molecule has 41 heavy (non-hydrogen) atoms. The van der Waals surface area contributed by atoms with Gasteiger partial charge in [0.2, 0.25) is 0 Å². The molecule has 0 amide bonds. The molecule has 1 saturated heterocycles. The molecule has 2 heterocycles. The monoisotopic (exact) mass is 581 g/mol. The van der Waals surface area contributed by atoms with E-state index in [2.05, 4.69) is 4.98 Å². The molecule has 0 spiro atoms. The van der Waals surface area contributed by atoms with E-state index < -0.39 is 46.5 Å². The predicted octanol–water partition coefficient (Wildman–Crippen LogP) is 5.78. The standard InChI is InChI=1S/C33H40FNO5S/c1-30-13-10-22(36)16-21(30)8-9-24-25-17-28-33(31(25,2)18-26(37)32(24,30)34,27(38)19-41-23-11-14-35-15-12-23)40-29(39-28)20-6-4-3-5-7-20/h8,10-15,20,24-26,28-29,37H,3-7,9,16-19H2,1-2H3/t24-,25-,26-,28+,29+,30-,31-,32-,33+/m0/s1. The van der Waals surface area contributed by atoms with E-state index >= 15 is 4.39 Å². The molecule has 1 aromatic rings. The number of aliphatic hydroxyl groups is 1. The molecule has 0 aromatic carbocycles. The maximum atomic E-state index is 17.7.